The Labute approximate surface area is 131 Å². The summed E-state index contributed by atoms with van der Waals surface area (Å²) in [4.78, 5) is 4.44. The van der Waals surface area contributed by atoms with E-state index in [1.165, 1.54) is 5.56 Å². The van der Waals surface area contributed by atoms with Crippen LogP contribution in [-0.4, -0.2) is 16.7 Å². The number of hydrogen-bond acceptors (Lipinski definition) is 4. The second-order valence-corrected chi connectivity index (χ2v) is 5.58. The summed E-state index contributed by atoms with van der Waals surface area (Å²) >= 11 is 3.41. The van der Waals surface area contributed by atoms with Crippen molar-refractivity contribution in [2.45, 2.75) is 6.42 Å². The lowest BCUT2D eigenvalue weighted by Crippen LogP contribution is -2.02. The number of nitrogens with two attached hydrogens (primary N) is 1. The largest absolute Gasteiger partial charge is 0.334 e. The van der Waals surface area contributed by atoms with Crippen molar-refractivity contribution >= 4 is 15.9 Å². The van der Waals surface area contributed by atoms with Gasteiger partial charge in [0.1, 0.15) is 0 Å². The van der Waals surface area contributed by atoms with Gasteiger partial charge in [0.25, 0.3) is 5.89 Å². The van der Waals surface area contributed by atoms with Crippen molar-refractivity contribution in [3.8, 4) is 22.8 Å². The molecule has 5 heteroatoms. The third kappa shape index (κ3) is 3.20. The number of hydrogen-bond donors (Lipinski definition) is 1. The van der Waals surface area contributed by atoms with Crippen molar-refractivity contribution in [2.24, 2.45) is 5.73 Å². The molecule has 1 aromatic heterocycles. The highest BCUT2D eigenvalue weighted by Crippen LogP contribution is 2.23. The Kier molecular flexibility index (Phi) is 4.13. The van der Waals surface area contributed by atoms with E-state index in [2.05, 4.69) is 26.1 Å². The SMILES string of the molecule is NCCc1ccc(-c2nc(-c3ccc(Br)cc3)no2)cc1. The Morgan fingerprint density at radius 3 is 2.29 bits per heavy atom. The normalized spacial score (nSPS) is 10.8. The fourth-order valence-electron chi connectivity index (χ4n) is 2.04. The summed E-state index contributed by atoms with van der Waals surface area (Å²) in [6.07, 6.45) is 0.869. The number of benzene rings is 2. The highest BCUT2D eigenvalue weighted by Gasteiger charge is 2.10. The maximum absolute atomic E-state index is 5.54. The Bertz CT molecular complexity index is 720. The lowest BCUT2D eigenvalue weighted by atomic mass is 10.1. The van der Waals surface area contributed by atoms with Gasteiger partial charge in [0.05, 0.1) is 0 Å². The van der Waals surface area contributed by atoms with Crippen LogP contribution in [0.5, 0.6) is 0 Å². The van der Waals surface area contributed by atoms with Crippen molar-refractivity contribution in [3.63, 3.8) is 0 Å². The van der Waals surface area contributed by atoms with E-state index in [0.717, 1.165) is 22.0 Å². The van der Waals surface area contributed by atoms with Crippen molar-refractivity contribution in [2.75, 3.05) is 6.54 Å². The molecule has 0 saturated carbocycles. The third-order valence-electron chi connectivity index (χ3n) is 3.16. The van der Waals surface area contributed by atoms with Crippen LogP contribution in [0.25, 0.3) is 22.8 Å². The zero-order valence-electron chi connectivity index (χ0n) is 11.3. The molecule has 0 aliphatic heterocycles. The smallest absolute Gasteiger partial charge is 0.258 e. The highest BCUT2D eigenvalue weighted by molar-refractivity contribution is 9.10. The van der Waals surface area contributed by atoms with Crippen LogP contribution in [0.4, 0.5) is 0 Å². The van der Waals surface area contributed by atoms with Crippen LogP contribution < -0.4 is 5.73 Å². The molecule has 0 aliphatic carbocycles. The minimum atomic E-state index is 0.521. The van der Waals surface area contributed by atoms with Gasteiger partial charge in [-0.2, -0.15) is 4.98 Å². The van der Waals surface area contributed by atoms with Gasteiger partial charge in [-0.25, -0.2) is 0 Å². The number of rotatable bonds is 4. The molecule has 3 rings (SSSR count). The van der Waals surface area contributed by atoms with E-state index in [0.29, 0.717) is 18.3 Å². The molecule has 0 spiro atoms. The molecule has 0 amide bonds. The lowest BCUT2D eigenvalue weighted by molar-refractivity contribution is 0.432. The van der Waals surface area contributed by atoms with Gasteiger partial charge in [-0.15, -0.1) is 0 Å². The zero-order chi connectivity index (χ0) is 14.7. The molecule has 2 aromatic carbocycles. The minimum absolute atomic E-state index is 0.521. The Hall–Kier alpha value is -1.98. The monoisotopic (exact) mass is 343 g/mol. The first kappa shape index (κ1) is 14.0. The molecule has 0 unspecified atom stereocenters. The molecular weight excluding hydrogens is 330 g/mol. The summed E-state index contributed by atoms with van der Waals surface area (Å²) in [5.74, 6) is 1.11. The average Bonchev–Trinajstić information content (AvgIpc) is 2.99. The van der Waals surface area contributed by atoms with Gasteiger partial charge in [-0.1, -0.05) is 33.2 Å². The topological polar surface area (TPSA) is 64.9 Å². The van der Waals surface area contributed by atoms with E-state index >= 15 is 0 Å². The second-order valence-electron chi connectivity index (χ2n) is 4.67. The molecule has 0 radical (unpaired) electrons. The van der Waals surface area contributed by atoms with Gasteiger partial charge in [0, 0.05) is 15.6 Å². The predicted molar refractivity (Wildman–Crippen MR) is 85.6 cm³/mol. The van der Waals surface area contributed by atoms with Crippen molar-refractivity contribution in [1.82, 2.24) is 10.1 Å². The minimum Gasteiger partial charge on any atom is -0.334 e. The third-order valence-corrected chi connectivity index (χ3v) is 3.69. The van der Waals surface area contributed by atoms with Crippen LogP contribution >= 0.6 is 15.9 Å². The quantitative estimate of drug-likeness (QED) is 0.784. The molecule has 0 bridgehead atoms. The molecule has 3 aromatic rings. The fourth-order valence-corrected chi connectivity index (χ4v) is 2.30. The molecule has 0 fully saturated rings. The summed E-state index contributed by atoms with van der Waals surface area (Å²) in [6.45, 7) is 0.646. The number of halogens is 1. The summed E-state index contributed by atoms with van der Waals surface area (Å²) in [6, 6.07) is 15.8. The van der Waals surface area contributed by atoms with Gasteiger partial charge in [-0.05, 0) is 54.9 Å². The van der Waals surface area contributed by atoms with E-state index in [1.54, 1.807) is 0 Å². The molecular formula is C16H14BrN3O. The van der Waals surface area contributed by atoms with E-state index in [1.807, 2.05) is 48.5 Å². The Morgan fingerprint density at radius 2 is 1.62 bits per heavy atom. The maximum atomic E-state index is 5.54. The first-order chi connectivity index (χ1) is 10.3. The molecule has 2 N–H and O–H groups in total. The molecule has 0 saturated heterocycles. The van der Waals surface area contributed by atoms with Gasteiger partial charge in [-0.3, -0.25) is 0 Å². The first-order valence-electron chi connectivity index (χ1n) is 6.65. The molecule has 1 heterocycles. The summed E-state index contributed by atoms with van der Waals surface area (Å²) < 4.78 is 6.36. The fraction of sp³-hybridized carbons (Fsp3) is 0.125. The molecule has 106 valence electrons. The van der Waals surface area contributed by atoms with Crippen molar-refractivity contribution in [3.05, 3.63) is 58.6 Å². The average molecular weight is 344 g/mol. The Balaban J connectivity index is 1.85. The summed E-state index contributed by atoms with van der Waals surface area (Å²) in [5.41, 5.74) is 8.58. The van der Waals surface area contributed by atoms with E-state index in [-0.39, 0.29) is 0 Å². The van der Waals surface area contributed by atoms with Crippen LogP contribution in [0.2, 0.25) is 0 Å². The molecule has 4 nitrogen and oxygen atoms in total. The Morgan fingerprint density at radius 1 is 0.952 bits per heavy atom. The lowest BCUT2D eigenvalue weighted by Gasteiger charge is -1.99. The van der Waals surface area contributed by atoms with Gasteiger partial charge < -0.3 is 10.3 Å². The van der Waals surface area contributed by atoms with Crippen LogP contribution in [0, 0.1) is 0 Å². The van der Waals surface area contributed by atoms with Crippen molar-refractivity contribution < 1.29 is 4.52 Å². The highest BCUT2D eigenvalue weighted by atomic mass is 79.9. The number of aromatic nitrogens is 2. The van der Waals surface area contributed by atoms with E-state index < -0.39 is 0 Å². The van der Waals surface area contributed by atoms with Crippen molar-refractivity contribution in [1.29, 1.82) is 0 Å². The van der Waals surface area contributed by atoms with Crippen LogP contribution in [0.1, 0.15) is 5.56 Å². The van der Waals surface area contributed by atoms with Gasteiger partial charge in [0.15, 0.2) is 0 Å². The standard InChI is InChI=1S/C16H14BrN3O/c17-14-7-5-12(6-8-14)15-19-16(21-20-15)13-3-1-11(2-4-13)9-10-18/h1-8H,9-10,18H2. The van der Waals surface area contributed by atoms with E-state index in [9.17, 15) is 0 Å². The predicted octanol–water partition coefficient (Wildman–Crippen LogP) is 3.67. The van der Waals surface area contributed by atoms with E-state index in [4.69, 9.17) is 10.3 Å². The van der Waals surface area contributed by atoms with Gasteiger partial charge >= 0.3 is 0 Å². The van der Waals surface area contributed by atoms with Crippen LogP contribution in [0.3, 0.4) is 0 Å². The van der Waals surface area contributed by atoms with Gasteiger partial charge in [0.2, 0.25) is 5.82 Å². The first-order valence-corrected chi connectivity index (χ1v) is 7.44. The molecule has 21 heavy (non-hydrogen) atoms. The zero-order valence-corrected chi connectivity index (χ0v) is 12.9. The summed E-state index contributed by atoms with van der Waals surface area (Å²) in [7, 11) is 0. The second kappa shape index (κ2) is 6.20. The number of nitrogens with zero attached hydrogens (tertiary/aromatic N) is 2. The molecule has 0 atom stereocenters. The van der Waals surface area contributed by atoms with Crippen LogP contribution in [-0.2, 0) is 6.42 Å². The van der Waals surface area contributed by atoms with Crippen LogP contribution in [0.15, 0.2) is 57.5 Å². The maximum Gasteiger partial charge on any atom is 0.258 e. The summed E-state index contributed by atoms with van der Waals surface area (Å²) in [5, 5.41) is 4.03. The molecule has 0 aliphatic rings.